The molecule has 0 unspecified atom stereocenters. The number of H-pyrrole nitrogens is 1. The number of benzene rings is 1. The molecule has 156 valence electrons. The van der Waals surface area contributed by atoms with Gasteiger partial charge in [-0.25, -0.2) is 4.79 Å². The molecule has 8 nitrogen and oxygen atoms in total. The van der Waals surface area contributed by atoms with Crippen molar-refractivity contribution in [1.82, 2.24) is 14.8 Å². The average molecular weight is 401 g/mol. The van der Waals surface area contributed by atoms with Crippen LogP contribution in [0.15, 0.2) is 35.3 Å². The highest BCUT2D eigenvalue weighted by Crippen LogP contribution is 2.26. The molecule has 3 rings (SSSR count). The number of pyridine rings is 1. The lowest BCUT2D eigenvalue weighted by Crippen LogP contribution is -2.48. The Hall–Kier alpha value is -3.00. The summed E-state index contributed by atoms with van der Waals surface area (Å²) in [7, 11) is 1.62. The van der Waals surface area contributed by atoms with E-state index in [1.54, 1.807) is 25.1 Å². The van der Waals surface area contributed by atoms with Gasteiger partial charge >= 0.3 is 6.09 Å². The molecule has 2 aromatic rings. The van der Waals surface area contributed by atoms with E-state index >= 15 is 0 Å². The first-order valence-electron chi connectivity index (χ1n) is 9.71. The molecule has 1 aliphatic rings. The van der Waals surface area contributed by atoms with Gasteiger partial charge in [-0.3, -0.25) is 9.69 Å². The van der Waals surface area contributed by atoms with Gasteiger partial charge in [-0.2, -0.15) is 0 Å². The van der Waals surface area contributed by atoms with Gasteiger partial charge in [0.1, 0.15) is 5.75 Å². The molecule has 1 aromatic heterocycles. The van der Waals surface area contributed by atoms with Crippen molar-refractivity contribution in [1.29, 1.82) is 0 Å². The van der Waals surface area contributed by atoms with E-state index < -0.39 is 5.56 Å². The maximum absolute atomic E-state index is 12.0. The summed E-state index contributed by atoms with van der Waals surface area (Å²) in [6.07, 6.45) is 1.87. The Bertz CT molecular complexity index is 903. The van der Waals surface area contributed by atoms with Crippen LogP contribution < -0.4 is 10.3 Å². The molecule has 0 radical (unpaired) electrons. The van der Waals surface area contributed by atoms with Crippen molar-refractivity contribution in [3.8, 4) is 11.5 Å². The number of methoxy groups -OCH3 is 1. The summed E-state index contributed by atoms with van der Waals surface area (Å²) in [5, 5.41) is 10.4. The van der Waals surface area contributed by atoms with Gasteiger partial charge in [0.2, 0.25) is 0 Å². The van der Waals surface area contributed by atoms with Gasteiger partial charge in [-0.15, -0.1) is 0 Å². The molecule has 0 bridgehead atoms. The minimum atomic E-state index is -0.506. The summed E-state index contributed by atoms with van der Waals surface area (Å²) in [5.74, 6) is 0.498. The van der Waals surface area contributed by atoms with Gasteiger partial charge < -0.3 is 24.5 Å². The van der Waals surface area contributed by atoms with Crippen LogP contribution >= 0.6 is 0 Å². The summed E-state index contributed by atoms with van der Waals surface area (Å²) in [6.45, 7) is 4.93. The predicted molar refractivity (Wildman–Crippen MR) is 108 cm³/mol. The molecular formula is C21H27N3O5. The first kappa shape index (κ1) is 20.7. The molecule has 0 spiro atoms. The third-order valence-corrected chi connectivity index (χ3v) is 5.12. The molecule has 8 heteroatoms. The highest BCUT2D eigenvalue weighted by Gasteiger charge is 2.24. The first-order valence-corrected chi connectivity index (χ1v) is 9.71. The van der Waals surface area contributed by atoms with E-state index in [-0.39, 0.29) is 11.8 Å². The summed E-state index contributed by atoms with van der Waals surface area (Å²) in [5.41, 5.74) is 1.90. The van der Waals surface area contributed by atoms with Crippen LogP contribution in [0.25, 0.3) is 0 Å². The van der Waals surface area contributed by atoms with E-state index in [2.05, 4.69) is 9.88 Å². The molecule has 0 atom stereocenters. The van der Waals surface area contributed by atoms with Crippen LogP contribution in [0.1, 0.15) is 23.6 Å². The second kappa shape index (κ2) is 9.47. The van der Waals surface area contributed by atoms with Crippen LogP contribution in [0.3, 0.4) is 0 Å². The standard InChI is InChI=1S/C21H27N3O5/c1-3-29-21(27)24-10-8-23(9-11-24)14-17-16(13-22-20(26)19(17)25)12-15-6-4-5-7-18(15)28-2/h4-7,13,25H,3,8-12,14H2,1-2H3,(H,22,26). The first-order chi connectivity index (χ1) is 14.0. The number of aromatic amines is 1. The molecule has 1 aliphatic heterocycles. The van der Waals surface area contributed by atoms with Crippen molar-refractivity contribution in [3.63, 3.8) is 0 Å². The maximum atomic E-state index is 12.0. The highest BCUT2D eigenvalue weighted by molar-refractivity contribution is 5.67. The fourth-order valence-electron chi connectivity index (χ4n) is 3.51. The Balaban J connectivity index is 1.76. The highest BCUT2D eigenvalue weighted by atomic mass is 16.6. The molecule has 2 N–H and O–H groups in total. The van der Waals surface area contributed by atoms with Crippen LogP contribution in [0.4, 0.5) is 4.79 Å². The summed E-state index contributed by atoms with van der Waals surface area (Å²) < 4.78 is 10.5. The van der Waals surface area contributed by atoms with E-state index in [1.165, 1.54) is 0 Å². The number of carbonyl (C=O) groups excluding carboxylic acids is 1. The third kappa shape index (κ3) is 4.89. The fourth-order valence-corrected chi connectivity index (χ4v) is 3.51. The van der Waals surface area contributed by atoms with Crippen LogP contribution in [0, 0.1) is 0 Å². The van der Waals surface area contributed by atoms with E-state index in [4.69, 9.17) is 9.47 Å². The number of piperazine rings is 1. The number of hydrogen-bond donors (Lipinski definition) is 2. The largest absolute Gasteiger partial charge is 0.503 e. The van der Waals surface area contributed by atoms with Gasteiger partial charge in [0.15, 0.2) is 5.75 Å². The van der Waals surface area contributed by atoms with Crippen LogP contribution in [-0.4, -0.2) is 65.9 Å². The van der Waals surface area contributed by atoms with Crippen molar-refractivity contribution in [2.45, 2.75) is 19.9 Å². The number of para-hydroxylation sites is 1. The molecule has 1 aromatic carbocycles. The number of carbonyl (C=O) groups is 1. The van der Waals surface area contributed by atoms with Crippen molar-refractivity contribution < 1.29 is 19.4 Å². The molecule has 2 heterocycles. The lowest BCUT2D eigenvalue weighted by Gasteiger charge is -2.34. The summed E-state index contributed by atoms with van der Waals surface area (Å²) in [6, 6.07) is 7.67. The Morgan fingerprint density at radius 1 is 1.17 bits per heavy atom. The average Bonchev–Trinajstić information content (AvgIpc) is 2.74. The van der Waals surface area contributed by atoms with Gasteiger partial charge in [-0.1, -0.05) is 18.2 Å². The molecule has 1 saturated heterocycles. The Morgan fingerprint density at radius 3 is 2.59 bits per heavy atom. The third-order valence-electron chi connectivity index (χ3n) is 5.12. The Labute approximate surface area is 169 Å². The number of aromatic hydroxyl groups is 1. The predicted octanol–water partition coefficient (Wildman–Crippen LogP) is 1.95. The molecule has 29 heavy (non-hydrogen) atoms. The lowest BCUT2D eigenvalue weighted by atomic mass is 10.00. The van der Waals surface area contributed by atoms with Crippen molar-refractivity contribution in [2.75, 3.05) is 39.9 Å². The SMILES string of the molecule is CCOC(=O)N1CCN(Cc2c(Cc3ccccc3OC)c[nH]c(=O)c2O)CC1. The van der Waals surface area contributed by atoms with Gasteiger partial charge in [0.25, 0.3) is 5.56 Å². The van der Waals surface area contributed by atoms with Crippen molar-refractivity contribution in [3.05, 3.63) is 57.5 Å². The zero-order valence-corrected chi connectivity index (χ0v) is 16.8. The Kier molecular flexibility index (Phi) is 6.77. The maximum Gasteiger partial charge on any atom is 0.409 e. The number of ether oxygens (including phenoxy) is 2. The number of nitrogens with one attached hydrogen (secondary N) is 1. The van der Waals surface area contributed by atoms with Crippen LogP contribution in [0.2, 0.25) is 0 Å². The van der Waals surface area contributed by atoms with Gasteiger partial charge in [0, 0.05) is 50.9 Å². The minimum absolute atomic E-state index is 0.259. The minimum Gasteiger partial charge on any atom is -0.503 e. The normalized spacial score (nSPS) is 14.6. The monoisotopic (exact) mass is 401 g/mol. The lowest BCUT2D eigenvalue weighted by molar-refractivity contribution is 0.0775. The molecular weight excluding hydrogens is 374 g/mol. The van der Waals surface area contributed by atoms with E-state index in [1.807, 2.05) is 24.3 Å². The summed E-state index contributed by atoms with van der Waals surface area (Å²) in [4.78, 5) is 30.3. The smallest absolute Gasteiger partial charge is 0.409 e. The molecule has 0 aliphatic carbocycles. The zero-order chi connectivity index (χ0) is 20.8. The number of aromatic nitrogens is 1. The quantitative estimate of drug-likeness (QED) is 0.768. The second-order valence-corrected chi connectivity index (χ2v) is 6.92. The number of rotatable bonds is 6. The van der Waals surface area contributed by atoms with E-state index in [0.29, 0.717) is 51.3 Å². The van der Waals surface area contributed by atoms with Gasteiger partial charge in [-0.05, 0) is 24.1 Å². The van der Waals surface area contributed by atoms with E-state index in [0.717, 1.165) is 16.9 Å². The fraction of sp³-hybridized carbons (Fsp3) is 0.429. The zero-order valence-electron chi connectivity index (χ0n) is 16.8. The molecule has 1 fully saturated rings. The van der Waals surface area contributed by atoms with Crippen LogP contribution in [0.5, 0.6) is 11.5 Å². The summed E-state index contributed by atoms with van der Waals surface area (Å²) >= 11 is 0. The Morgan fingerprint density at radius 2 is 1.90 bits per heavy atom. The number of amides is 1. The van der Waals surface area contributed by atoms with Crippen LogP contribution in [-0.2, 0) is 17.7 Å². The van der Waals surface area contributed by atoms with Crippen molar-refractivity contribution >= 4 is 6.09 Å². The number of hydrogen-bond acceptors (Lipinski definition) is 6. The topological polar surface area (TPSA) is 95.1 Å². The number of nitrogens with zero attached hydrogens (tertiary/aromatic N) is 2. The van der Waals surface area contributed by atoms with Crippen molar-refractivity contribution in [2.24, 2.45) is 0 Å². The molecule has 1 amide bonds. The molecule has 0 saturated carbocycles. The van der Waals surface area contributed by atoms with Gasteiger partial charge in [0.05, 0.1) is 13.7 Å². The second-order valence-electron chi connectivity index (χ2n) is 6.92. The van der Waals surface area contributed by atoms with E-state index in [9.17, 15) is 14.7 Å².